The number of nitrogens with one attached hydrogen (secondary N) is 1. The molecule has 0 saturated carbocycles. The summed E-state index contributed by atoms with van der Waals surface area (Å²) in [5, 5.41) is 2.74. The molecule has 1 aliphatic rings. The van der Waals surface area contributed by atoms with Crippen LogP contribution in [-0.4, -0.2) is 18.4 Å². The maximum absolute atomic E-state index is 12.7. The van der Waals surface area contributed by atoms with Crippen LogP contribution in [0.1, 0.15) is 40.1 Å². The van der Waals surface area contributed by atoms with Crippen LogP contribution < -0.4 is 15.8 Å². The number of carbonyl (C=O) groups is 2. The lowest BCUT2D eigenvalue weighted by Gasteiger charge is -2.16. The van der Waals surface area contributed by atoms with Crippen molar-refractivity contribution in [2.75, 3.05) is 16.8 Å². The van der Waals surface area contributed by atoms with Gasteiger partial charge in [-0.2, -0.15) is 0 Å². The van der Waals surface area contributed by atoms with Crippen LogP contribution in [0.5, 0.6) is 0 Å². The molecule has 0 bridgehead atoms. The molecular formula is C25H24N2O4. The first kappa shape index (κ1) is 20.6. The van der Waals surface area contributed by atoms with E-state index in [4.69, 9.17) is 4.42 Å². The van der Waals surface area contributed by atoms with Crippen molar-refractivity contribution in [2.24, 2.45) is 0 Å². The Labute approximate surface area is 180 Å². The van der Waals surface area contributed by atoms with Crippen LogP contribution in [0, 0.1) is 6.92 Å². The largest absolute Gasteiger partial charge is 0.427 e. The first-order valence-electron chi connectivity index (χ1n) is 10.4. The summed E-state index contributed by atoms with van der Waals surface area (Å²) in [6, 6.07) is 18.7. The topological polar surface area (TPSA) is 79.6 Å². The molecule has 6 heteroatoms. The molecule has 1 saturated heterocycles. The fraction of sp³-hybridized carbons (Fsp3) is 0.240. The summed E-state index contributed by atoms with van der Waals surface area (Å²) >= 11 is 0. The van der Waals surface area contributed by atoms with E-state index in [0.717, 1.165) is 24.1 Å². The molecule has 2 heterocycles. The highest BCUT2D eigenvalue weighted by atomic mass is 16.4. The number of nitrogens with zero attached hydrogens (tertiary/aromatic N) is 1. The van der Waals surface area contributed by atoms with E-state index in [-0.39, 0.29) is 11.5 Å². The molecule has 2 amide bonds. The van der Waals surface area contributed by atoms with Crippen LogP contribution in [0.3, 0.4) is 0 Å². The predicted molar refractivity (Wildman–Crippen MR) is 120 cm³/mol. The smallest absolute Gasteiger partial charge is 0.349 e. The van der Waals surface area contributed by atoms with Crippen molar-refractivity contribution >= 4 is 23.2 Å². The summed E-state index contributed by atoms with van der Waals surface area (Å²) in [5.74, 6) is 0.158. The SMILES string of the molecule is Cc1cc(CCc2ccccc2)oc(=O)c1C(=O)Nc1ccc(N2CCCC2=O)cc1. The first-order chi connectivity index (χ1) is 15.0. The Morgan fingerprint density at radius 3 is 2.42 bits per heavy atom. The summed E-state index contributed by atoms with van der Waals surface area (Å²) in [6.07, 6.45) is 2.75. The minimum absolute atomic E-state index is 0.00209. The molecule has 1 N–H and O–H groups in total. The van der Waals surface area contributed by atoms with E-state index in [2.05, 4.69) is 5.32 Å². The van der Waals surface area contributed by atoms with E-state index in [0.29, 0.717) is 36.4 Å². The van der Waals surface area contributed by atoms with Crippen molar-refractivity contribution in [3.8, 4) is 0 Å². The van der Waals surface area contributed by atoms with Crippen LogP contribution >= 0.6 is 0 Å². The Bertz CT molecular complexity index is 1150. The molecular weight excluding hydrogens is 392 g/mol. The third-order valence-corrected chi connectivity index (χ3v) is 5.44. The number of hydrogen-bond donors (Lipinski definition) is 1. The zero-order valence-corrected chi connectivity index (χ0v) is 17.4. The molecule has 0 radical (unpaired) electrons. The third-order valence-electron chi connectivity index (χ3n) is 5.44. The van der Waals surface area contributed by atoms with E-state index in [1.54, 1.807) is 42.2 Å². The number of anilines is 2. The Kier molecular flexibility index (Phi) is 5.98. The second-order valence-electron chi connectivity index (χ2n) is 7.69. The van der Waals surface area contributed by atoms with Gasteiger partial charge in [-0.15, -0.1) is 0 Å². The van der Waals surface area contributed by atoms with E-state index in [1.165, 1.54) is 0 Å². The summed E-state index contributed by atoms with van der Waals surface area (Å²) in [7, 11) is 0. The average molecular weight is 416 g/mol. The highest BCUT2D eigenvalue weighted by Crippen LogP contribution is 2.23. The summed E-state index contributed by atoms with van der Waals surface area (Å²) in [4.78, 5) is 38.8. The minimum Gasteiger partial charge on any atom is -0.427 e. The second-order valence-corrected chi connectivity index (χ2v) is 7.69. The van der Waals surface area contributed by atoms with Crippen LogP contribution in [0.4, 0.5) is 11.4 Å². The maximum atomic E-state index is 12.7. The standard InChI is InChI=1S/C25H24N2O4/c1-17-16-21(14-9-18-6-3-2-4-7-18)31-25(30)23(17)24(29)26-19-10-12-20(13-11-19)27-15-5-8-22(27)28/h2-4,6-7,10-13,16H,5,8-9,14-15H2,1H3,(H,26,29). The Morgan fingerprint density at radius 2 is 1.77 bits per heavy atom. The van der Waals surface area contributed by atoms with Crippen molar-refractivity contribution in [3.05, 3.63) is 93.5 Å². The van der Waals surface area contributed by atoms with Gasteiger partial charge in [0, 0.05) is 30.8 Å². The average Bonchev–Trinajstić information content (AvgIpc) is 3.19. The van der Waals surface area contributed by atoms with E-state index in [1.807, 2.05) is 30.3 Å². The van der Waals surface area contributed by atoms with Crippen LogP contribution in [0.2, 0.25) is 0 Å². The van der Waals surface area contributed by atoms with Gasteiger partial charge in [-0.1, -0.05) is 30.3 Å². The number of carbonyl (C=O) groups excluding carboxylic acids is 2. The van der Waals surface area contributed by atoms with E-state index < -0.39 is 11.5 Å². The Morgan fingerprint density at radius 1 is 1.03 bits per heavy atom. The second kappa shape index (κ2) is 9.00. The molecule has 6 nitrogen and oxygen atoms in total. The molecule has 0 atom stereocenters. The molecule has 31 heavy (non-hydrogen) atoms. The molecule has 0 aliphatic carbocycles. The lowest BCUT2D eigenvalue weighted by atomic mass is 10.1. The monoisotopic (exact) mass is 416 g/mol. The number of amides is 2. The molecule has 0 spiro atoms. The van der Waals surface area contributed by atoms with Crippen molar-refractivity contribution in [1.29, 1.82) is 0 Å². The van der Waals surface area contributed by atoms with E-state index in [9.17, 15) is 14.4 Å². The molecule has 0 unspecified atom stereocenters. The first-order valence-corrected chi connectivity index (χ1v) is 10.4. The highest BCUT2D eigenvalue weighted by molar-refractivity contribution is 6.05. The van der Waals surface area contributed by atoms with Gasteiger partial charge in [0.15, 0.2) is 0 Å². The predicted octanol–water partition coefficient (Wildman–Crippen LogP) is 4.11. The minimum atomic E-state index is -0.639. The summed E-state index contributed by atoms with van der Waals surface area (Å²) in [6.45, 7) is 2.45. The lowest BCUT2D eigenvalue weighted by Crippen LogP contribution is -2.24. The number of hydrogen-bond acceptors (Lipinski definition) is 4. The fourth-order valence-electron chi connectivity index (χ4n) is 3.82. The molecule has 4 rings (SSSR count). The number of aryl methyl sites for hydroxylation is 3. The quantitative estimate of drug-likeness (QED) is 0.656. The van der Waals surface area contributed by atoms with E-state index >= 15 is 0 Å². The van der Waals surface area contributed by atoms with Gasteiger partial charge >= 0.3 is 5.63 Å². The number of benzene rings is 2. The summed E-state index contributed by atoms with van der Waals surface area (Å²) in [5.41, 5.74) is 2.45. The van der Waals surface area contributed by atoms with Crippen molar-refractivity contribution in [1.82, 2.24) is 0 Å². The molecule has 2 aromatic carbocycles. The number of rotatable bonds is 6. The van der Waals surface area contributed by atoms with Crippen molar-refractivity contribution < 1.29 is 14.0 Å². The van der Waals surface area contributed by atoms with Gasteiger partial charge in [-0.3, -0.25) is 9.59 Å². The third kappa shape index (κ3) is 4.74. The van der Waals surface area contributed by atoms with Crippen LogP contribution in [0.15, 0.2) is 69.9 Å². The zero-order chi connectivity index (χ0) is 21.8. The normalized spacial score (nSPS) is 13.5. The van der Waals surface area contributed by atoms with Crippen molar-refractivity contribution in [2.45, 2.75) is 32.6 Å². The molecule has 1 aromatic heterocycles. The van der Waals surface area contributed by atoms with Gasteiger partial charge in [0.25, 0.3) is 5.91 Å². The molecule has 1 fully saturated rings. The molecule has 158 valence electrons. The van der Waals surface area contributed by atoms with Gasteiger partial charge in [0.1, 0.15) is 11.3 Å². The summed E-state index contributed by atoms with van der Waals surface area (Å²) < 4.78 is 5.41. The van der Waals surface area contributed by atoms with Gasteiger partial charge in [-0.25, -0.2) is 4.79 Å². The Balaban J connectivity index is 1.44. The molecule has 1 aliphatic heterocycles. The van der Waals surface area contributed by atoms with Crippen LogP contribution in [-0.2, 0) is 17.6 Å². The maximum Gasteiger partial charge on any atom is 0.349 e. The van der Waals surface area contributed by atoms with Gasteiger partial charge < -0.3 is 14.6 Å². The van der Waals surface area contributed by atoms with Crippen molar-refractivity contribution in [3.63, 3.8) is 0 Å². The van der Waals surface area contributed by atoms with Crippen LogP contribution in [0.25, 0.3) is 0 Å². The van der Waals surface area contributed by atoms with Gasteiger partial charge in [-0.05, 0) is 61.2 Å². The Hall–Kier alpha value is -3.67. The molecule has 3 aromatic rings. The van der Waals surface area contributed by atoms with Gasteiger partial charge in [0.2, 0.25) is 5.91 Å². The zero-order valence-electron chi connectivity index (χ0n) is 17.4. The lowest BCUT2D eigenvalue weighted by molar-refractivity contribution is -0.117. The van der Waals surface area contributed by atoms with Gasteiger partial charge in [0.05, 0.1) is 0 Å². The fourth-order valence-corrected chi connectivity index (χ4v) is 3.82. The highest BCUT2D eigenvalue weighted by Gasteiger charge is 2.22.